The monoisotopic (exact) mass is 487 g/mol. The molecule has 0 aliphatic rings. The molecule has 0 aliphatic carbocycles. The molecule has 9 nitrogen and oxygen atoms in total. The number of hydrogen-bond donors (Lipinski definition) is 1. The van der Waals surface area contributed by atoms with Crippen LogP contribution in [-0.4, -0.2) is 49.7 Å². The van der Waals surface area contributed by atoms with Crippen LogP contribution in [0.4, 0.5) is 0 Å². The number of carbonyl (C=O) groups excluding carboxylic acids is 2. The molecule has 0 fully saturated rings. The summed E-state index contributed by atoms with van der Waals surface area (Å²) in [4.78, 5) is 28.5. The zero-order chi connectivity index (χ0) is 24.7. The Hall–Kier alpha value is -3.53. The molecule has 0 spiro atoms. The van der Waals surface area contributed by atoms with Crippen LogP contribution in [0.25, 0.3) is 0 Å². The molecule has 2 heterocycles. The number of carbonyl (C=O) groups is 2. The van der Waals surface area contributed by atoms with Crippen LogP contribution in [0.5, 0.6) is 17.2 Å². The summed E-state index contributed by atoms with van der Waals surface area (Å²) in [5.74, 6) is 1.29. The van der Waals surface area contributed by atoms with Crippen LogP contribution in [-0.2, 0) is 13.1 Å². The summed E-state index contributed by atoms with van der Waals surface area (Å²) in [6.07, 6.45) is 0. The number of aromatic nitrogens is 1. The molecule has 3 rings (SSSR count). The van der Waals surface area contributed by atoms with Gasteiger partial charge in [-0.1, -0.05) is 25.1 Å². The van der Waals surface area contributed by atoms with E-state index in [0.29, 0.717) is 47.6 Å². The van der Waals surface area contributed by atoms with Crippen LogP contribution >= 0.6 is 11.3 Å². The number of benzene rings is 1. The minimum absolute atomic E-state index is 0.123. The molecule has 2 amide bonds. The summed E-state index contributed by atoms with van der Waals surface area (Å²) in [7, 11) is 4.49. The van der Waals surface area contributed by atoms with Gasteiger partial charge in [-0.05, 0) is 29.5 Å². The molecule has 3 aromatic rings. The second-order valence-corrected chi connectivity index (χ2v) is 8.97. The Morgan fingerprint density at radius 3 is 2.35 bits per heavy atom. The Balaban J connectivity index is 1.87. The third-order valence-electron chi connectivity index (χ3n) is 4.93. The van der Waals surface area contributed by atoms with Crippen molar-refractivity contribution in [2.24, 2.45) is 5.92 Å². The normalized spacial score (nSPS) is 10.8. The summed E-state index contributed by atoms with van der Waals surface area (Å²) in [5, 5.41) is 8.63. The summed E-state index contributed by atoms with van der Waals surface area (Å²) in [6, 6.07) is 8.64. The molecule has 1 aromatic carbocycles. The van der Waals surface area contributed by atoms with E-state index in [1.54, 1.807) is 34.4 Å². The van der Waals surface area contributed by atoms with Crippen LogP contribution in [0.1, 0.15) is 45.3 Å². The fourth-order valence-electron chi connectivity index (χ4n) is 3.25. The summed E-state index contributed by atoms with van der Waals surface area (Å²) in [5.41, 5.74) is 0.535. The molecule has 10 heteroatoms. The number of ether oxygens (including phenoxy) is 3. The van der Waals surface area contributed by atoms with E-state index >= 15 is 0 Å². The number of rotatable bonds is 11. The second-order valence-electron chi connectivity index (χ2n) is 7.94. The van der Waals surface area contributed by atoms with Gasteiger partial charge in [0.1, 0.15) is 0 Å². The van der Waals surface area contributed by atoms with E-state index in [4.69, 9.17) is 18.7 Å². The summed E-state index contributed by atoms with van der Waals surface area (Å²) >= 11 is 1.54. The lowest BCUT2D eigenvalue weighted by Gasteiger charge is -2.22. The Bertz CT molecular complexity index is 1080. The predicted molar refractivity (Wildman–Crippen MR) is 128 cm³/mol. The molecule has 0 aliphatic heterocycles. The highest BCUT2D eigenvalue weighted by molar-refractivity contribution is 7.09. The number of nitrogens with zero attached hydrogens (tertiary/aromatic N) is 2. The lowest BCUT2D eigenvalue weighted by molar-refractivity contribution is 0.0714. The van der Waals surface area contributed by atoms with Crippen LogP contribution in [0.15, 0.2) is 40.2 Å². The number of thiophene rings is 1. The summed E-state index contributed by atoms with van der Waals surface area (Å²) < 4.78 is 21.5. The third-order valence-corrected chi connectivity index (χ3v) is 5.80. The van der Waals surface area contributed by atoms with E-state index in [1.165, 1.54) is 21.3 Å². The van der Waals surface area contributed by atoms with Crippen molar-refractivity contribution in [2.75, 3.05) is 27.9 Å². The molecular formula is C24H29N3O6S. The van der Waals surface area contributed by atoms with Gasteiger partial charge in [0.15, 0.2) is 23.0 Å². The predicted octanol–water partition coefficient (Wildman–Crippen LogP) is 3.99. The van der Waals surface area contributed by atoms with Crippen molar-refractivity contribution in [3.8, 4) is 17.2 Å². The highest BCUT2D eigenvalue weighted by Gasteiger charge is 2.24. The van der Waals surface area contributed by atoms with Crippen LogP contribution < -0.4 is 19.5 Å². The minimum Gasteiger partial charge on any atom is -0.493 e. The number of nitrogens with one attached hydrogen (secondary N) is 1. The molecule has 34 heavy (non-hydrogen) atoms. The Morgan fingerprint density at radius 2 is 1.79 bits per heavy atom. The zero-order valence-electron chi connectivity index (χ0n) is 19.9. The lowest BCUT2D eigenvalue weighted by Crippen LogP contribution is -2.30. The maximum atomic E-state index is 13.6. The largest absolute Gasteiger partial charge is 0.493 e. The van der Waals surface area contributed by atoms with Gasteiger partial charge in [0.05, 0.1) is 34.4 Å². The van der Waals surface area contributed by atoms with Crippen LogP contribution in [0.3, 0.4) is 0 Å². The van der Waals surface area contributed by atoms with Crippen LogP contribution in [0, 0.1) is 5.92 Å². The van der Waals surface area contributed by atoms with Gasteiger partial charge in [-0.15, -0.1) is 11.3 Å². The molecule has 182 valence electrons. The number of methoxy groups -OCH3 is 3. The maximum absolute atomic E-state index is 13.6. The van der Waals surface area contributed by atoms with E-state index in [9.17, 15) is 9.59 Å². The Kier molecular flexibility index (Phi) is 8.53. The average Bonchev–Trinajstić information content (AvgIpc) is 3.53. The average molecular weight is 488 g/mol. The molecular weight excluding hydrogens is 458 g/mol. The van der Waals surface area contributed by atoms with Gasteiger partial charge in [0.25, 0.3) is 11.8 Å². The topological polar surface area (TPSA) is 103 Å². The third kappa shape index (κ3) is 6.07. The molecule has 0 atom stereocenters. The highest BCUT2D eigenvalue weighted by Crippen LogP contribution is 2.38. The quantitative estimate of drug-likeness (QED) is 0.436. The molecule has 0 unspecified atom stereocenters. The second kappa shape index (κ2) is 11.6. The van der Waals surface area contributed by atoms with Crippen molar-refractivity contribution in [1.82, 2.24) is 15.4 Å². The van der Waals surface area contributed by atoms with Gasteiger partial charge in [-0.25, -0.2) is 0 Å². The van der Waals surface area contributed by atoms with Crippen molar-refractivity contribution >= 4 is 23.2 Å². The molecule has 0 radical (unpaired) electrons. The number of amides is 2. The SMILES string of the molecule is COc1cc(C(=O)N(Cc2cc(C(=O)NCC(C)C)no2)Cc2cccs2)cc(OC)c1OC. The standard InChI is InChI=1S/C24H29N3O6S/c1-15(2)12-25-23(28)19-11-17(33-26-19)13-27(14-18-7-6-8-34-18)24(29)16-9-20(30-3)22(32-5)21(10-16)31-4/h6-11,15H,12-14H2,1-5H3,(H,25,28). The Morgan fingerprint density at radius 1 is 1.09 bits per heavy atom. The first-order valence-electron chi connectivity index (χ1n) is 10.7. The van der Waals surface area contributed by atoms with Gasteiger partial charge < -0.3 is 29.0 Å². The van der Waals surface area contributed by atoms with E-state index < -0.39 is 0 Å². The first-order valence-corrected chi connectivity index (χ1v) is 11.6. The van der Waals surface area contributed by atoms with Gasteiger partial charge in [0, 0.05) is 23.1 Å². The van der Waals surface area contributed by atoms with Crippen molar-refractivity contribution in [2.45, 2.75) is 26.9 Å². The van der Waals surface area contributed by atoms with Crippen molar-refractivity contribution < 1.29 is 28.3 Å². The zero-order valence-corrected chi connectivity index (χ0v) is 20.7. The van der Waals surface area contributed by atoms with Crippen LogP contribution in [0.2, 0.25) is 0 Å². The fraction of sp³-hybridized carbons (Fsp3) is 0.375. The minimum atomic E-state index is -0.315. The van der Waals surface area contributed by atoms with E-state index in [-0.39, 0.29) is 24.1 Å². The Labute approximate surface area is 202 Å². The first kappa shape index (κ1) is 25.1. The fourth-order valence-corrected chi connectivity index (χ4v) is 3.97. The molecule has 0 saturated carbocycles. The molecule has 0 saturated heterocycles. The van der Waals surface area contributed by atoms with Gasteiger partial charge >= 0.3 is 0 Å². The van der Waals surface area contributed by atoms with E-state index in [0.717, 1.165) is 4.88 Å². The molecule has 0 bridgehead atoms. The van der Waals surface area contributed by atoms with Gasteiger partial charge in [-0.3, -0.25) is 9.59 Å². The van der Waals surface area contributed by atoms with E-state index in [1.807, 2.05) is 31.4 Å². The van der Waals surface area contributed by atoms with Crippen molar-refractivity contribution in [3.63, 3.8) is 0 Å². The molecule has 2 aromatic heterocycles. The summed E-state index contributed by atoms with van der Waals surface area (Å²) in [6.45, 7) is 5.02. The highest BCUT2D eigenvalue weighted by atomic mass is 32.1. The van der Waals surface area contributed by atoms with E-state index in [2.05, 4.69) is 10.5 Å². The van der Waals surface area contributed by atoms with Gasteiger partial charge in [0.2, 0.25) is 5.75 Å². The van der Waals surface area contributed by atoms with Gasteiger partial charge in [-0.2, -0.15) is 0 Å². The molecule has 1 N–H and O–H groups in total. The first-order chi connectivity index (χ1) is 16.4. The smallest absolute Gasteiger partial charge is 0.273 e. The maximum Gasteiger partial charge on any atom is 0.273 e. The number of hydrogen-bond acceptors (Lipinski definition) is 8. The van der Waals surface area contributed by atoms with Crippen molar-refractivity contribution in [3.05, 3.63) is 57.6 Å². The lowest BCUT2D eigenvalue weighted by atomic mass is 10.1. The van der Waals surface area contributed by atoms with Crippen molar-refractivity contribution in [1.29, 1.82) is 0 Å².